The average molecular weight is 838 g/mol. The van der Waals surface area contributed by atoms with Gasteiger partial charge in [-0.05, 0) is 0 Å². The second kappa shape index (κ2) is 18.5. The van der Waals surface area contributed by atoms with Gasteiger partial charge in [-0.25, -0.2) is 28.6 Å². The van der Waals surface area contributed by atoms with Gasteiger partial charge in [0.1, 0.15) is 36.3 Å². The van der Waals surface area contributed by atoms with Gasteiger partial charge in [-0.3, -0.25) is 32.5 Å². The number of nitrogen functional groups attached to an aromatic ring is 1. The van der Waals surface area contributed by atoms with Gasteiger partial charge < -0.3 is 50.9 Å². The van der Waals surface area contributed by atoms with Crippen LogP contribution in [0.15, 0.2) is 12.7 Å². The summed E-state index contributed by atoms with van der Waals surface area (Å²) in [4.78, 5) is 86.9. The molecule has 0 spiro atoms. The van der Waals surface area contributed by atoms with Crippen LogP contribution in [0, 0.1) is 11.3 Å². The molecular weight excluding hydrogens is 795 g/mol. The van der Waals surface area contributed by atoms with Gasteiger partial charge in [0, 0.05) is 36.6 Å². The highest BCUT2D eigenvalue weighted by atomic mass is 32.2. The number of carbonyl (C=O) groups excluding carboxylic acids is 3. The van der Waals surface area contributed by atoms with E-state index in [9.17, 15) is 57.9 Å². The van der Waals surface area contributed by atoms with Gasteiger partial charge >= 0.3 is 23.5 Å². The number of carbonyl (C=O) groups is 3. The number of aliphatic hydroxyl groups excluding tert-OH is 2. The molecule has 2 unspecified atom stereocenters. The summed E-state index contributed by atoms with van der Waals surface area (Å²) in [5.41, 5.74) is 4.26. The van der Waals surface area contributed by atoms with Gasteiger partial charge in [0.2, 0.25) is 11.8 Å². The second-order valence-electron chi connectivity index (χ2n) is 12.4. The topological polar surface area (TPSA) is 364 Å². The molecule has 1 aliphatic heterocycles. The molecule has 3 heterocycles. The third-order valence-corrected chi connectivity index (χ3v) is 11.5. The minimum Gasteiger partial charge on any atom is -0.386 e. The highest BCUT2D eigenvalue weighted by Crippen LogP contribution is 2.61. The SMILES string of the molecule is CC(C)C(=O)SCCNC(=O)CCNC(=O)[C@H](O)C(C)(C)COP(=O)(O)OP(=O)(O)OC[C@H]1O[C@@H](n2cnc3c(N)ncnc32)[C@H](O)[C@@H]1OP(=O)(O)O. The van der Waals surface area contributed by atoms with Crippen molar-refractivity contribution in [2.24, 2.45) is 11.3 Å². The van der Waals surface area contributed by atoms with Crippen LogP contribution in [0.3, 0.4) is 0 Å². The van der Waals surface area contributed by atoms with Crippen molar-refractivity contribution in [2.75, 3.05) is 37.8 Å². The van der Waals surface area contributed by atoms with Crippen molar-refractivity contribution in [3.63, 3.8) is 0 Å². The minimum atomic E-state index is -5.56. The lowest BCUT2D eigenvalue weighted by Crippen LogP contribution is -2.46. The number of rotatable bonds is 20. The third kappa shape index (κ3) is 13.4. The number of aliphatic hydroxyl groups is 2. The van der Waals surface area contributed by atoms with Crippen LogP contribution >= 0.6 is 35.2 Å². The maximum Gasteiger partial charge on any atom is 0.481 e. The summed E-state index contributed by atoms with van der Waals surface area (Å²) in [7, 11) is -16.4. The van der Waals surface area contributed by atoms with Gasteiger partial charge in [-0.1, -0.05) is 39.5 Å². The third-order valence-electron chi connectivity index (χ3n) is 7.22. The normalized spacial score (nSPS) is 22.3. The van der Waals surface area contributed by atoms with Crippen molar-refractivity contribution in [3.05, 3.63) is 12.7 Å². The fraction of sp³-hybridized carbons (Fsp3) is 0.680. The Morgan fingerprint density at radius 1 is 1.06 bits per heavy atom. The Morgan fingerprint density at radius 2 is 1.72 bits per heavy atom. The number of amides is 2. The highest BCUT2D eigenvalue weighted by Gasteiger charge is 2.50. The van der Waals surface area contributed by atoms with Crippen LogP contribution in [0.5, 0.6) is 0 Å². The number of aromatic nitrogens is 4. The highest BCUT2D eigenvalue weighted by molar-refractivity contribution is 8.13. The first-order valence-corrected chi connectivity index (χ1v) is 21.0. The van der Waals surface area contributed by atoms with E-state index in [0.29, 0.717) is 5.75 Å². The molecule has 0 saturated carbocycles. The lowest BCUT2D eigenvalue weighted by molar-refractivity contribution is -0.137. The Bertz CT molecular complexity index is 1760. The molecule has 10 N–H and O–H groups in total. The van der Waals surface area contributed by atoms with Crippen molar-refractivity contribution >= 4 is 69.1 Å². The molecule has 0 radical (unpaired) electrons. The Morgan fingerprint density at radius 3 is 2.36 bits per heavy atom. The predicted octanol–water partition coefficient (Wildman–Crippen LogP) is -0.679. The summed E-state index contributed by atoms with van der Waals surface area (Å²) >= 11 is 1.08. The Labute approximate surface area is 306 Å². The molecule has 0 aromatic carbocycles. The standard InChI is InChI=1S/C25H42N7O17P3S/c1-13(2)24(37)53-8-7-27-15(33)5-6-28-22(36)19(35)25(3,4)10-46-52(43,44)49-51(41,42)45-9-14-18(48-50(38,39)40)17(34)23(47-14)32-12-31-16-20(26)29-11-30-21(16)32/h11-14,17-19,23,34-35H,5-10H2,1-4H3,(H,27,33)(H,28,36)(H,41,42)(H,43,44)(H2,26,29,30)(H2,38,39,40)/t14-,17-,18-,19+,23-/m1/s1. The summed E-state index contributed by atoms with van der Waals surface area (Å²) in [5.74, 6) is -1.22. The number of fused-ring (bicyclic) bond motifs is 1. The number of ether oxygens (including phenoxy) is 1. The summed E-state index contributed by atoms with van der Waals surface area (Å²) in [6.07, 6.45) is -6.89. The fourth-order valence-electron chi connectivity index (χ4n) is 4.45. The Balaban J connectivity index is 1.52. The van der Waals surface area contributed by atoms with Gasteiger partial charge in [-0.2, -0.15) is 4.31 Å². The number of phosphoric acid groups is 3. The molecule has 2 amide bonds. The molecule has 3 rings (SSSR count). The van der Waals surface area contributed by atoms with Crippen LogP contribution < -0.4 is 16.4 Å². The molecule has 2 aromatic rings. The number of imidazole rings is 1. The van der Waals surface area contributed by atoms with Crippen molar-refractivity contribution in [3.8, 4) is 0 Å². The average Bonchev–Trinajstić information content (AvgIpc) is 3.60. The summed E-state index contributed by atoms with van der Waals surface area (Å²) in [6, 6.07) is 0. The van der Waals surface area contributed by atoms with Crippen LogP contribution in [-0.2, 0) is 50.7 Å². The molecule has 53 heavy (non-hydrogen) atoms. The number of hydrogen-bond donors (Lipinski definition) is 9. The fourth-order valence-corrected chi connectivity index (χ4v) is 8.02. The molecular formula is C25H42N7O17P3S. The van der Waals surface area contributed by atoms with Gasteiger partial charge in [0.15, 0.2) is 22.8 Å². The molecule has 0 bridgehead atoms. The number of nitrogens with zero attached hydrogens (tertiary/aromatic N) is 4. The van der Waals surface area contributed by atoms with E-state index < -0.39 is 84.6 Å². The molecule has 1 aliphatic rings. The van der Waals surface area contributed by atoms with Crippen LogP contribution in [0.2, 0.25) is 0 Å². The monoisotopic (exact) mass is 837 g/mol. The molecule has 0 aliphatic carbocycles. The molecule has 300 valence electrons. The van der Waals surface area contributed by atoms with Crippen molar-refractivity contribution in [2.45, 2.75) is 64.8 Å². The summed E-state index contributed by atoms with van der Waals surface area (Å²) < 4.78 is 61.9. The van der Waals surface area contributed by atoms with E-state index in [1.807, 2.05) is 0 Å². The largest absolute Gasteiger partial charge is 0.481 e. The van der Waals surface area contributed by atoms with Gasteiger partial charge in [-0.15, -0.1) is 0 Å². The maximum atomic E-state index is 12.6. The van der Waals surface area contributed by atoms with Gasteiger partial charge in [0.25, 0.3) is 0 Å². The lowest BCUT2D eigenvalue weighted by Gasteiger charge is -2.30. The van der Waals surface area contributed by atoms with Gasteiger partial charge in [0.05, 0.1) is 19.5 Å². The van der Waals surface area contributed by atoms with E-state index in [1.54, 1.807) is 13.8 Å². The summed E-state index contributed by atoms with van der Waals surface area (Å²) in [6.45, 7) is 4.03. The zero-order valence-corrected chi connectivity index (χ0v) is 32.2. The molecule has 7 atom stereocenters. The van der Waals surface area contributed by atoms with E-state index >= 15 is 0 Å². The molecule has 28 heteroatoms. The van der Waals surface area contributed by atoms with E-state index in [1.165, 1.54) is 13.8 Å². The van der Waals surface area contributed by atoms with Crippen molar-refractivity contribution in [1.82, 2.24) is 30.2 Å². The predicted molar refractivity (Wildman–Crippen MR) is 182 cm³/mol. The zero-order chi connectivity index (χ0) is 39.9. The number of anilines is 1. The number of phosphoric ester groups is 3. The smallest absolute Gasteiger partial charge is 0.386 e. The number of nitrogens with one attached hydrogen (secondary N) is 2. The lowest BCUT2D eigenvalue weighted by atomic mass is 9.87. The first kappa shape index (κ1) is 45.0. The van der Waals surface area contributed by atoms with Crippen LogP contribution in [0.4, 0.5) is 5.82 Å². The van der Waals surface area contributed by atoms with Crippen molar-refractivity contribution < 1.29 is 80.5 Å². The maximum absolute atomic E-state index is 12.6. The van der Waals surface area contributed by atoms with Crippen LogP contribution in [0.1, 0.15) is 40.3 Å². The molecule has 2 aromatic heterocycles. The van der Waals surface area contributed by atoms with E-state index in [4.69, 9.17) is 19.5 Å². The van der Waals surface area contributed by atoms with Crippen LogP contribution in [0.25, 0.3) is 11.2 Å². The van der Waals surface area contributed by atoms with Crippen LogP contribution in [-0.4, -0.2) is 123 Å². The number of hydrogen-bond acceptors (Lipinski definition) is 18. The second-order valence-corrected chi connectivity index (χ2v) is 17.7. The summed E-state index contributed by atoms with van der Waals surface area (Å²) in [5, 5.41) is 26.3. The molecule has 1 saturated heterocycles. The minimum absolute atomic E-state index is 0.0174. The molecule has 24 nitrogen and oxygen atoms in total. The van der Waals surface area contributed by atoms with E-state index in [-0.39, 0.29) is 47.5 Å². The Hall–Kier alpha value is -2.44. The quantitative estimate of drug-likeness (QED) is 0.0589. The zero-order valence-electron chi connectivity index (χ0n) is 28.7. The van der Waals surface area contributed by atoms with E-state index in [0.717, 1.165) is 29.0 Å². The molecule has 1 fully saturated rings. The number of nitrogens with two attached hydrogens (primary N) is 1. The Kier molecular flexibility index (Phi) is 15.7. The first-order chi connectivity index (χ1) is 24.4. The van der Waals surface area contributed by atoms with Crippen molar-refractivity contribution in [1.29, 1.82) is 0 Å². The first-order valence-electron chi connectivity index (χ1n) is 15.5. The van der Waals surface area contributed by atoms with E-state index in [2.05, 4.69) is 34.4 Å². The number of thioether (sulfide) groups is 1.